The van der Waals surface area contributed by atoms with Crippen LogP contribution in [0.4, 0.5) is 0 Å². The van der Waals surface area contributed by atoms with Crippen LogP contribution in [0.3, 0.4) is 0 Å². The number of nitrogens with one attached hydrogen (secondary N) is 1. The van der Waals surface area contributed by atoms with Gasteiger partial charge in [-0.05, 0) is 42.9 Å². The highest BCUT2D eigenvalue weighted by Gasteiger charge is 2.20. The minimum absolute atomic E-state index is 0.305. The molecule has 1 aliphatic carbocycles. The quantitative estimate of drug-likeness (QED) is 0.716. The molecule has 1 atom stereocenters. The summed E-state index contributed by atoms with van der Waals surface area (Å²) in [6, 6.07) is 6.13. The average Bonchev–Trinajstić information content (AvgIpc) is 3.21. The van der Waals surface area contributed by atoms with Crippen molar-refractivity contribution >= 4 is 23.2 Å². The highest BCUT2D eigenvalue weighted by molar-refractivity contribution is 6.42. The number of hydrogen-bond donors (Lipinski definition) is 1. The minimum Gasteiger partial charge on any atom is -0.380 e. The highest BCUT2D eigenvalue weighted by Crippen LogP contribution is 2.29. The molecule has 1 aliphatic rings. The van der Waals surface area contributed by atoms with Gasteiger partial charge < -0.3 is 10.1 Å². The minimum atomic E-state index is 0.305. The Balaban J connectivity index is 1.75. The first-order valence-corrected chi connectivity index (χ1v) is 7.72. The number of hydrogen-bond acceptors (Lipinski definition) is 2. The fraction of sp³-hybridized carbons (Fsp3) is 0.600. The van der Waals surface area contributed by atoms with Crippen LogP contribution in [0.15, 0.2) is 18.2 Å². The Morgan fingerprint density at radius 1 is 1.32 bits per heavy atom. The lowest BCUT2D eigenvalue weighted by molar-refractivity contribution is 0.124. The van der Waals surface area contributed by atoms with Gasteiger partial charge in [0.25, 0.3) is 0 Å². The summed E-state index contributed by atoms with van der Waals surface area (Å²) in [5, 5.41) is 4.72. The van der Waals surface area contributed by atoms with Gasteiger partial charge in [-0.15, -0.1) is 0 Å². The van der Waals surface area contributed by atoms with E-state index >= 15 is 0 Å². The van der Waals surface area contributed by atoms with E-state index in [-0.39, 0.29) is 0 Å². The largest absolute Gasteiger partial charge is 0.380 e. The van der Waals surface area contributed by atoms with Crippen molar-refractivity contribution in [2.24, 2.45) is 5.92 Å². The van der Waals surface area contributed by atoms with Gasteiger partial charge in [-0.1, -0.05) is 36.2 Å². The normalized spacial score (nSPS) is 16.6. The highest BCUT2D eigenvalue weighted by atomic mass is 35.5. The molecule has 0 radical (unpaired) electrons. The van der Waals surface area contributed by atoms with Gasteiger partial charge >= 0.3 is 0 Å². The predicted octanol–water partition coefficient (Wildman–Crippen LogP) is 4.46. The van der Waals surface area contributed by atoms with Gasteiger partial charge in [0.15, 0.2) is 0 Å². The van der Waals surface area contributed by atoms with Crippen molar-refractivity contribution in [3.8, 4) is 0 Å². The monoisotopic (exact) mass is 301 g/mol. The second-order valence-electron chi connectivity index (χ2n) is 5.11. The van der Waals surface area contributed by atoms with Gasteiger partial charge in [-0.2, -0.15) is 0 Å². The lowest BCUT2D eigenvalue weighted by Gasteiger charge is -2.18. The van der Waals surface area contributed by atoms with E-state index in [2.05, 4.69) is 12.2 Å². The zero-order valence-electron chi connectivity index (χ0n) is 11.3. The van der Waals surface area contributed by atoms with Crippen LogP contribution in [0.2, 0.25) is 10.0 Å². The summed E-state index contributed by atoms with van der Waals surface area (Å²) >= 11 is 12.0. The first kappa shape index (κ1) is 15.1. The molecule has 1 N–H and O–H groups in total. The molecule has 2 rings (SSSR count). The SMILES string of the molecule is CCC(NCCOCC1CC1)c1ccc(Cl)c(Cl)c1. The van der Waals surface area contributed by atoms with E-state index in [0.717, 1.165) is 32.1 Å². The van der Waals surface area contributed by atoms with Crippen LogP contribution in [0.1, 0.15) is 37.8 Å². The van der Waals surface area contributed by atoms with Crippen LogP contribution in [-0.2, 0) is 4.74 Å². The summed E-state index contributed by atoms with van der Waals surface area (Å²) in [7, 11) is 0. The van der Waals surface area contributed by atoms with E-state index in [0.29, 0.717) is 16.1 Å². The third kappa shape index (κ3) is 4.96. The van der Waals surface area contributed by atoms with Crippen molar-refractivity contribution in [2.45, 2.75) is 32.2 Å². The van der Waals surface area contributed by atoms with Gasteiger partial charge in [-0.25, -0.2) is 0 Å². The van der Waals surface area contributed by atoms with Gasteiger partial charge in [0.1, 0.15) is 0 Å². The van der Waals surface area contributed by atoms with Crippen molar-refractivity contribution in [2.75, 3.05) is 19.8 Å². The molecule has 1 aromatic rings. The second-order valence-corrected chi connectivity index (χ2v) is 5.92. The Hall–Kier alpha value is -0.280. The molecule has 1 unspecified atom stereocenters. The molecular weight excluding hydrogens is 281 g/mol. The number of benzene rings is 1. The molecule has 2 nitrogen and oxygen atoms in total. The van der Waals surface area contributed by atoms with Crippen LogP contribution >= 0.6 is 23.2 Å². The van der Waals surface area contributed by atoms with E-state index in [9.17, 15) is 0 Å². The summed E-state index contributed by atoms with van der Waals surface area (Å²) in [6.07, 6.45) is 3.70. The maximum atomic E-state index is 6.06. The fourth-order valence-corrected chi connectivity index (χ4v) is 2.37. The third-order valence-corrected chi connectivity index (χ3v) is 4.18. The molecule has 0 saturated heterocycles. The molecule has 0 bridgehead atoms. The Morgan fingerprint density at radius 3 is 2.74 bits per heavy atom. The average molecular weight is 302 g/mol. The zero-order chi connectivity index (χ0) is 13.7. The topological polar surface area (TPSA) is 21.3 Å². The maximum absolute atomic E-state index is 6.06. The Morgan fingerprint density at radius 2 is 2.11 bits per heavy atom. The summed E-state index contributed by atoms with van der Waals surface area (Å²) in [5.41, 5.74) is 1.18. The molecule has 0 amide bonds. The van der Waals surface area contributed by atoms with Crippen molar-refractivity contribution < 1.29 is 4.74 Å². The van der Waals surface area contributed by atoms with Crippen molar-refractivity contribution in [1.82, 2.24) is 5.32 Å². The molecule has 4 heteroatoms. The van der Waals surface area contributed by atoms with Crippen molar-refractivity contribution in [1.29, 1.82) is 0 Å². The van der Waals surface area contributed by atoms with Crippen LogP contribution in [0.5, 0.6) is 0 Å². The van der Waals surface area contributed by atoms with Crippen LogP contribution in [0.25, 0.3) is 0 Å². The Labute approximate surface area is 125 Å². The smallest absolute Gasteiger partial charge is 0.0595 e. The maximum Gasteiger partial charge on any atom is 0.0595 e. The second kappa shape index (κ2) is 7.49. The molecule has 1 fully saturated rings. The fourth-order valence-electron chi connectivity index (χ4n) is 2.07. The standard InChI is InChI=1S/C15H21Cl2NO/c1-2-15(12-5-6-13(16)14(17)9-12)18-7-8-19-10-11-3-4-11/h5-6,9,11,15,18H,2-4,7-8,10H2,1H3. The number of halogens is 2. The summed E-state index contributed by atoms with van der Waals surface area (Å²) in [5.74, 6) is 0.831. The molecule has 0 spiro atoms. The third-order valence-electron chi connectivity index (χ3n) is 3.44. The summed E-state index contributed by atoms with van der Waals surface area (Å²) in [6.45, 7) is 4.72. The first-order chi connectivity index (χ1) is 9.20. The van der Waals surface area contributed by atoms with Gasteiger partial charge in [-0.3, -0.25) is 0 Å². The molecule has 0 aliphatic heterocycles. The van der Waals surface area contributed by atoms with E-state index in [4.69, 9.17) is 27.9 Å². The molecule has 19 heavy (non-hydrogen) atoms. The van der Waals surface area contributed by atoms with E-state index in [1.807, 2.05) is 18.2 Å². The Bertz CT molecular complexity index is 407. The van der Waals surface area contributed by atoms with Crippen molar-refractivity contribution in [3.63, 3.8) is 0 Å². The van der Waals surface area contributed by atoms with Gasteiger partial charge in [0.05, 0.1) is 16.7 Å². The van der Waals surface area contributed by atoms with E-state index in [1.165, 1.54) is 18.4 Å². The van der Waals surface area contributed by atoms with Gasteiger partial charge in [0, 0.05) is 19.2 Å². The number of rotatable bonds is 8. The molecule has 1 saturated carbocycles. The molecule has 0 heterocycles. The van der Waals surface area contributed by atoms with E-state index < -0.39 is 0 Å². The van der Waals surface area contributed by atoms with Crippen LogP contribution in [0, 0.1) is 5.92 Å². The van der Waals surface area contributed by atoms with Crippen LogP contribution < -0.4 is 5.32 Å². The van der Waals surface area contributed by atoms with Crippen molar-refractivity contribution in [3.05, 3.63) is 33.8 Å². The molecular formula is C15H21Cl2NO. The molecule has 106 valence electrons. The Kier molecular flexibility index (Phi) is 5.96. The lowest BCUT2D eigenvalue weighted by Crippen LogP contribution is -2.25. The van der Waals surface area contributed by atoms with Gasteiger partial charge in [0.2, 0.25) is 0 Å². The summed E-state index contributed by atoms with van der Waals surface area (Å²) in [4.78, 5) is 0. The first-order valence-electron chi connectivity index (χ1n) is 6.96. The predicted molar refractivity (Wildman–Crippen MR) is 81.0 cm³/mol. The molecule has 0 aromatic heterocycles. The zero-order valence-corrected chi connectivity index (χ0v) is 12.8. The summed E-state index contributed by atoms with van der Waals surface area (Å²) < 4.78 is 5.62. The molecule has 1 aromatic carbocycles. The van der Waals surface area contributed by atoms with E-state index in [1.54, 1.807) is 0 Å². The number of ether oxygens (including phenoxy) is 1. The van der Waals surface area contributed by atoms with Crippen LogP contribution in [-0.4, -0.2) is 19.8 Å². The lowest BCUT2D eigenvalue weighted by atomic mass is 10.0.